The topological polar surface area (TPSA) is 22.0 Å². The van der Waals surface area contributed by atoms with Crippen molar-refractivity contribution in [3.05, 3.63) is 109 Å². The molecule has 5 aromatic heterocycles. The summed E-state index contributed by atoms with van der Waals surface area (Å²) in [5, 5.41) is 12.8. The smallest absolute Gasteiger partial charge is 0.137 e. The first-order valence-corrected chi connectivity index (χ1v) is 13.5. The molecular weight excluding hydrogens is 476 g/mol. The quantitative estimate of drug-likeness (QED) is 0.206. The molecule has 0 aliphatic heterocycles. The number of para-hydroxylation sites is 4. The first-order chi connectivity index (χ1) is 19.4. The maximum atomic E-state index is 6.37. The fourth-order valence-corrected chi connectivity index (χ4v) is 7.76. The molecular formula is C36H18N2O. The third-order valence-electron chi connectivity index (χ3n) is 9.15. The van der Waals surface area contributed by atoms with E-state index in [4.69, 9.17) is 4.42 Å². The van der Waals surface area contributed by atoms with Crippen molar-refractivity contribution in [3.8, 4) is 0 Å². The molecule has 3 nitrogen and oxygen atoms in total. The van der Waals surface area contributed by atoms with Gasteiger partial charge in [-0.05, 0) is 36.4 Å². The predicted octanol–water partition coefficient (Wildman–Crippen LogP) is 9.89. The van der Waals surface area contributed by atoms with Crippen LogP contribution in [-0.2, 0) is 0 Å². The molecule has 6 aromatic carbocycles. The van der Waals surface area contributed by atoms with E-state index in [1.165, 1.54) is 87.0 Å². The van der Waals surface area contributed by atoms with E-state index in [-0.39, 0.29) is 0 Å². The molecule has 0 N–H and O–H groups in total. The van der Waals surface area contributed by atoms with Crippen molar-refractivity contribution in [1.82, 2.24) is 8.80 Å². The molecule has 0 spiro atoms. The molecule has 11 aromatic rings. The van der Waals surface area contributed by atoms with Crippen LogP contribution in [0.1, 0.15) is 0 Å². The molecule has 0 aliphatic rings. The molecule has 0 saturated carbocycles. The van der Waals surface area contributed by atoms with Crippen molar-refractivity contribution in [2.24, 2.45) is 0 Å². The molecule has 0 saturated heterocycles. The van der Waals surface area contributed by atoms with Gasteiger partial charge in [0.15, 0.2) is 0 Å². The standard InChI is InChI=1S/C36H18N2O/c1-4-13-26-19(8-1)21-11-7-12-23-31-28(37(26)34(21)23)18-25-20-9-2-5-14-27(20)38-35-24(33(31)36(25)38)16-17-30-32(35)22-10-3-6-15-29(22)39-30/h1-18H. The Hall–Kier alpha value is -5.28. The lowest BCUT2D eigenvalue weighted by molar-refractivity contribution is 0.669. The Kier molecular flexibility index (Phi) is 2.93. The number of furan rings is 1. The van der Waals surface area contributed by atoms with Gasteiger partial charge in [-0.1, -0.05) is 72.8 Å². The van der Waals surface area contributed by atoms with Gasteiger partial charge in [0.1, 0.15) is 11.2 Å². The van der Waals surface area contributed by atoms with Crippen molar-refractivity contribution >= 4 is 98.1 Å². The van der Waals surface area contributed by atoms with Crippen LogP contribution >= 0.6 is 0 Å². The predicted molar refractivity (Wildman–Crippen MR) is 163 cm³/mol. The van der Waals surface area contributed by atoms with Crippen LogP contribution in [0.4, 0.5) is 0 Å². The average Bonchev–Trinajstić information content (AvgIpc) is 3.76. The van der Waals surface area contributed by atoms with Gasteiger partial charge in [-0.3, -0.25) is 0 Å². The third-order valence-corrected chi connectivity index (χ3v) is 9.15. The Morgan fingerprint density at radius 1 is 0.359 bits per heavy atom. The molecule has 3 heteroatoms. The normalized spacial score (nSPS) is 13.1. The Labute approximate surface area is 220 Å². The van der Waals surface area contributed by atoms with Crippen molar-refractivity contribution in [2.75, 3.05) is 0 Å². The maximum Gasteiger partial charge on any atom is 0.137 e. The van der Waals surface area contributed by atoms with Crippen molar-refractivity contribution < 1.29 is 4.42 Å². The first-order valence-electron chi connectivity index (χ1n) is 13.5. The zero-order valence-electron chi connectivity index (χ0n) is 20.7. The average molecular weight is 495 g/mol. The van der Waals surface area contributed by atoms with E-state index in [0.717, 1.165) is 11.2 Å². The van der Waals surface area contributed by atoms with Crippen LogP contribution in [0.25, 0.3) is 98.1 Å². The van der Waals surface area contributed by atoms with Crippen molar-refractivity contribution in [2.45, 2.75) is 0 Å². The molecule has 0 bridgehead atoms. The molecule has 0 atom stereocenters. The minimum atomic E-state index is 0.932. The lowest BCUT2D eigenvalue weighted by atomic mass is 10.00. The molecule has 0 radical (unpaired) electrons. The minimum absolute atomic E-state index is 0.932. The molecule has 0 amide bonds. The molecule has 0 fully saturated rings. The highest BCUT2D eigenvalue weighted by Crippen LogP contribution is 2.49. The van der Waals surface area contributed by atoms with E-state index in [0.29, 0.717) is 0 Å². The third kappa shape index (κ3) is 1.92. The fraction of sp³-hybridized carbons (Fsp3) is 0. The Bertz CT molecular complexity index is 2820. The Morgan fingerprint density at radius 3 is 1.87 bits per heavy atom. The van der Waals surface area contributed by atoms with Gasteiger partial charge < -0.3 is 13.2 Å². The number of nitrogens with zero attached hydrogens (tertiary/aromatic N) is 2. The summed E-state index contributed by atoms with van der Waals surface area (Å²) in [5.74, 6) is 0. The highest BCUT2D eigenvalue weighted by Gasteiger charge is 2.26. The van der Waals surface area contributed by atoms with E-state index in [2.05, 4.69) is 118 Å². The van der Waals surface area contributed by atoms with Crippen LogP contribution in [0.2, 0.25) is 0 Å². The molecule has 5 heterocycles. The lowest BCUT2D eigenvalue weighted by Crippen LogP contribution is -1.81. The zero-order chi connectivity index (χ0) is 25.0. The Morgan fingerprint density at radius 2 is 1.00 bits per heavy atom. The van der Waals surface area contributed by atoms with Gasteiger partial charge >= 0.3 is 0 Å². The highest BCUT2D eigenvalue weighted by atomic mass is 16.3. The summed E-state index contributed by atoms with van der Waals surface area (Å²) in [6.45, 7) is 0. The van der Waals surface area contributed by atoms with E-state index >= 15 is 0 Å². The molecule has 11 rings (SSSR count). The van der Waals surface area contributed by atoms with Crippen LogP contribution in [0.3, 0.4) is 0 Å². The van der Waals surface area contributed by atoms with E-state index in [9.17, 15) is 0 Å². The summed E-state index contributed by atoms with van der Waals surface area (Å²) >= 11 is 0. The minimum Gasteiger partial charge on any atom is -0.456 e. The van der Waals surface area contributed by atoms with Gasteiger partial charge in [0.05, 0.1) is 38.5 Å². The monoisotopic (exact) mass is 494 g/mol. The van der Waals surface area contributed by atoms with Crippen LogP contribution in [-0.4, -0.2) is 8.80 Å². The van der Waals surface area contributed by atoms with Crippen LogP contribution < -0.4 is 0 Å². The second-order valence-corrected chi connectivity index (χ2v) is 10.9. The fourth-order valence-electron chi connectivity index (χ4n) is 7.76. The number of benzene rings is 6. The van der Waals surface area contributed by atoms with Gasteiger partial charge in [-0.25, -0.2) is 0 Å². The number of rotatable bonds is 0. The number of aromatic nitrogens is 2. The summed E-state index contributed by atoms with van der Waals surface area (Å²) in [6.07, 6.45) is 0. The molecule has 0 unspecified atom stereocenters. The summed E-state index contributed by atoms with van der Waals surface area (Å²) in [5.41, 5.74) is 9.50. The second kappa shape index (κ2) is 6.06. The lowest BCUT2D eigenvalue weighted by Gasteiger charge is -2.02. The van der Waals surface area contributed by atoms with E-state index < -0.39 is 0 Å². The Balaban J connectivity index is 1.56. The van der Waals surface area contributed by atoms with Gasteiger partial charge in [0.25, 0.3) is 0 Å². The summed E-state index contributed by atoms with van der Waals surface area (Å²) in [6, 6.07) is 39.8. The largest absolute Gasteiger partial charge is 0.456 e. The van der Waals surface area contributed by atoms with E-state index in [1.54, 1.807) is 0 Å². The summed E-state index contributed by atoms with van der Waals surface area (Å²) in [4.78, 5) is 0. The zero-order valence-corrected chi connectivity index (χ0v) is 20.7. The SMILES string of the molecule is c1ccc2c(c1)oc1ccc3c4c5c6cccc7c8ccccc8n(c5cc5c8ccccc8n(c3c12)c54)c76. The summed E-state index contributed by atoms with van der Waals surface area (Å²) in [7, 11) is 0. The van der Waals surface area contributed by atoms with Crippen LogP contribution in [0.5, 0.6) is 0 Å². The van der Waals surface area contributed by atoms with Crippen molar-refractivity contribution in [1.29, 1.82) is 0 Å². The maximum absolute atomic E-state index is 6.37. The highest BCUT2D eigenvalue weighted by molar-refractivity contribution is 6.40. The first kappa shape index (κ1) is 18.9. The molecule has 0 aliphatic carbocycles. The van der Waals surface area contributed by atoms with Gasteiger partial charge in [-0.2, -0.15) is 0 Å². The van der Waals surface area contributed by atoms with Crippen LogP contribution in [0, 0.1) is 0 Å². The van der Waals surface area contributed by atoms with Crippen molar-refractivity contribution in [3.63, 3.8) is 0 Å². The van der Waals surface area contributed by atoms with Crippen LogP contribution in [0.15, 0.2) is 114 Å². The van der Waals surface area contributed by atoms with E-state index in [1.807, 2.05) is 0 Å². The number of hydrogen-bond donors (Lipinski definition) is 0. The van der Waals surface area contributed by atoms with Gasteiger partial charge in [0, 0.05) is 48.5 Å². The second-order valence-electron chi connectivity index (χ2n) is 10.9. The number of hydrogen-bond acceptors (Lipinski definition) is 1. The van der Waals surface area contributed by atoms with Gasteiger partial charge in [-0.15, -0.1) is 0 Å². The molecule has 39 heavy (non-hydrogen) atoms. The van der Waals surface area contributed by atoms with Gasteiger partial charge in [0.2, 0.25) is 0 Å². The molecule has 178 valence electrons. The number of fused-ring (bicyclic) bond motifs is 17. The summed E-state index contributed by atoms with van der Waals surface area (Å²) < 4.78 is 11.4.